The topological polar surface area (TPSA) is 46.9 Å². The van der Waals surface area contributed by atoms with Crippen molar-refractivity contribution >= 4 is 34.3 Å². The molecule has 0 fully saturated rings. The largest absolute Gasteiger partial charge is 0.341 e. The van der Waals surface area contributed by atoms with Gasteiger partial charge in [0.25, 0.3) is 0 Å². The molecule has 0 saturated carbocycles. The number of aryl methyl sites for hydroxylation is 2. The van der Waals surface area contributed by atoms with E-state index in [1.54, 1.807) is 17.8 Å². The van der Waals surface area contributed by atoms with Gasteiger partial charge in [-0.15, -0.1) is 11.8 Å². The second-order valence-corrected chi connectivity index (χ2v) is 8.60. The SMILES string of the molecule is C=CS/C=C/CCCc1cc2c(=O)cc(Nc3ccccc3)n(-c3ccccc3)c2nc1C. The van der Waals surface area contributed by atoms with Gasteiger partial charge in [0.15, 0.2) is 5.43 Å². The van der Waals surface area contributed by atoms with E-state index in [9.17, 15) is 4.79 Å². The zero-order valence-corrected chi connectivity index (χ0v) is 19.5. The first kappa shape index (κ1) is 22.6. The fraction of sp³-hybridized carbons (Fsp3) is 0.143. The predicted octanol–water partition coefficient (Wildman–Crippen LogP) is 7.15. The summed E-state index contributed by atoms with van der Waals surface area (Å²) in [6, 6.07) is 23.6. The number of allylic oxidation sites excluding steroid dienone is 1. The summed E-state index contributed by atoms with van der Waals surface area (Å²) in [5, 5.41) is 7.90. The molecule has 0 saturated heterocycles. The van der Waals surface area contributed by atoms with E-state index < -0.39 is 0 Å². The van der Waals surface area contributed by atoms with Crippen molar-refractivity contribution in [3.63, 3.8) is 0 Å². The van der Waals surface area contributed by atoms with Crippen LogP contribution in [0.15, 0.2) is 101 Å². The summed E-state index contributed by atoms with van der Waals surface area (Å²) in [5.74, 6) is 0.689. The highest BCUT2D eigenvalue weighted by Gasteiger charge is 2.15. The number of para-hydroxylation sites is 2. The highest BCUT2D eigenvalue weighted by Crippen LogP contribution is 2.26. The molecule has 0 aliphatic carbocycles. The Morgan fingerprint density at radius 1 is 1.06 bits per heavy atom. The maximum atomic E-state index is 13.2. The van der Waals surface area contributed by atoms with Crippen molar-refractivity contribution in [3.8, 4) is 5.69 Å². The van der Waals surface area contributed by atoms with Crippen molar-refractivity contribution in [2.45, 2.75) is 26.2 Å². The zero-order valence-electron chi connectivity index (χ0n) is 18.7. The van der Waals surface area contributed by atoms with Crippen LogP contribution in [0, 0.1) is 6.92 Å². The summed E-state index contributed by atoms with van der Waals surface area (Å²) < 4.78 is 2.02. The van der Waals surface area contributed by atoms with Crippen molar-refractivity contribution in [1.82, 2.24) is 9.55 Å². The van der Waals surface area contributed by atoms with Crippen molar-refractivity contribution in [1.29, 1.82) is 0 Å². The number of hydrogen-bond acceptors (Lipinski definition) is 4. The molecule has 4 rings (SSSR count). The van der Waals surface area contributed by atoms with Crippen LogP contribution in [0.2, 0.25) is 0 Å². The molecule has 0 bridgehead atoms. The molecule has 4 nitrogen and oxygen atoms in total. The summed E-state index contributed by atoms with van der Waals surface area (Å²) in [5.41, 5.74) is 4.56. The molecule has 0 atom stereocenters. The summed E-state index contributed by atoms with van der Waals surface area (Å²) in [4.78, 5) is 18.1. The van der Waals surface area contributed by atoms with Crippen molar-refractivity contribution in [3.05, 3.63) is 118 Å². The van der Waals surface area contributed by atoms with Crippen molar-refractivity contribution in [2.24, 2.45) is 0 Å². The van der Waals surface area contributed by atoms with E-state index in [1.165, 1.54) is 0 Å². The lowest BCUT2D eigenvalue weighted by atomic mass is 10.0. The molecule has 2 heterocycles. The molecule has 4 aromatic rings. The molecule has 0 amide bonds. The first-order valence-corrected chi connectivity index (χ1v) is 12.0. The lowest BCUT2D eigenvalue weighted by Crippen LogP contribution is -2.14. The van der Waals surface area contributed by atoms with Gasteiger partial charge in [-0.2, -0.15) is 0 Å². The van der Waals surface area contributed by atoms with E-state index in [0.29, 0.717) is 16.9 Å². The van der Waals surface area contributed by atoms with Crippen LogP contribution >= 0.6 is 11.8 Å². The molecule has 0 spiro atoms. The van der Waals surface area contributed by atoms with Crippen LogP contribution in [-0.4, -0.2) is 9.55 Å². The molecule has 166 valence electrons. The molecule has 0 aliphatic heterocycles. The van der Waals surface area contributed by atoms with Crippen molar-refractivity contribution < 1.29 is 0 Å². The molecule has 2 aromatic heterocycles. The minimum Gasteiger partial charge on any atom is -0.341 e. The Labute approximate surface area is 198 Å². The van der Waals surface area contributed by atoms with E-state index in [1.807, 2.05) is 83.6 Å². The van der Waals surface area contributed by atoms with Crippen LogP contribution in [-0.2, 0) is 6.42 Å². The Kier molecular flexibility index (Phi) is 7.43. The Morgan fingerprint density at radius 3 is 2.52 bits per heavy atom. The zero-order chi connectivity index (χ0) is 23.0. The van der Waals surface area contributed by atoms with Gasteiger partial charge in [0.05, 0.1) is 5.39 Å². The fourth-order valence-electron chi connectivity index (χ4n) is 3.81. The van der Waals surface area contributed by atoms with Gasteiger partial charge in [-0.25, -0.2) is 4.98 Å². The van der Waals surface area contributed by atoms with E-state index in [-0.39, 0.29) is 5.43 Å². The molecule has 33 heavy (non-hydrogen) atoms. The number of fused-ring (bicyclic) bond motifs is 1. The fourth-order valence-corrected chi connectivity index (χ4v) is 4.17. The molecule has 0 unspecified atom stereocenters. The molecule has 2 aromatic carbocycles. The van der Waals surface area contributed by atoms with Crippen LogP contribution in [0.4, 0.5) is 11.5 Å². The van der Waals surface area contributed by atoms with Gasteiger partial charge >= 0.3 is 0 Å². The molecule has 1 N–H and O–H groups in total. The van der Waals surface area contributed by atoms with Crippen LogP contribution in [0.1, 0.15) is 24.1 Å². The second kappa shape index (κ2) is 10.8. The normalized spacial score (nSPS) is 11.2. The average molecular weight is 454 g/mol. The quantitative estimate of drug-likeness (QED) is 0.273. The molecular weight excluding hydrogens is 426 g/mol. The second-order valence-electron chi connectivity index (χ2n) is 7.73. The van der Waals surface area contributed by atoms with E-state index in [4.69, 9.17) is 4.98 Å². The third-order valence-electron chi connectivity index (χ3n) is 5.43. The monoisotopic (exact) mass is 453 g/mol. The van der Waals surface area contributed by atoms with Gasteiger partial charge in [-0.1, -0.05) is 49.1 Å². The van der Waals surface area contributed by atoms with Crippen LogP contribution < -0.4 is 10.7 Å². The lowest BCUT2D eigenvalue weighted by Gasteiger charge is -2.19. The first-order valence-electron chi connectivity index (χ1n) is 11.0. The number of pyridine rings is 2. The summed E-state index contributed by atoms with van der Waals surface area (Å²) in [6.45, 7) is 5.72. The van der Waals surface area contributed by atoms with Gasteiger partial charge in [0.1, 0.15) is 11.5 Å². The highest BCUT2D eigenvalue weighted by molar-refractivity contribution is 8.04. The summed E-state index contributed by atoms with van der Waals surface area (Å²) in [7, 11) is 0. The van der Waals surface area contributed by atoms with Gasteiger partial charge < -0.3 is 5.32 Å². The van der Waals surface area contributed by atoms with Gasteiger partial charge in [-0.05, 0) is 72.9 Å². The number of nitrogens with zero attached hydrogens (tertiary/aromatic N) is 2. The Morgan fingerprint density at radius 2 is 1.79 bits per heavy atom. The highest BCUT2D eigenvalue weighted by atomic mass is 32.2. The number of nitrogens with one attached hydrogen (secondary N) is 1. The number of rotatable bonds is 9. The van der Waals surface area contributed by atoms with Gasteiger partial charge in [0.2, 0.25) is 0 Å². The smallest absolute Gasteiger partial charge is 0.193 e. The number of aromatic nitrogens is 2. The minimum atomic E-state index is -0.0355. The maximum Gasteiger partial charge on any atom is 0.193 e. The first-order chi connectivity index (χ1) is 16.2. The molecule has 5 heteroatoms. The van der Waals surface area contributed by atoms with Crippen LogP contribution in [0.5, 0.6) is 0 Å². The van der Waals surface area contributed by atoms with E-state index in [2.05, 4.69) is 23.4 Å². The van der Waals surface area contributed by atoms with Gasteiger partial charge in [0, 0.05) is 23.1 Å². The van der Waals surface area contributed by atoms with E-state index in [0.717, 1.165) is 41.9 Å². The Bertz CT molecular complexity index is 1330. The maximum absolute atomic E-state index is 13.2. The standard InChI is InChI=1S/C28H27N3OS/c1-3-33-18-12-6-7-13-22-19-25-26(32)20-27(30-23-14-8-4-9-15-23)31(28(25)29-21(22)2)24-16-10-5-11-17-24/h3-5,8-12,14-20,30H,1,6-7,13H2,2H3/b18-12+. The third kappa shape index (κ3) is 5.44. The lowest BCUT2D eigenvalue weighted by molar-refractivity contribution is 0.832. The van der Waals surface area contributed by atoms with E-state index >= 15 is 0 Å². The summed E-state index contributed by atoms with van der Waals surface area (Å²) in [6.07, 6.45) is 5.02. The number of anilines is 2. The summed E-state index contributed by atoms with van der Waals surface area (Å²) >= 11 is 1.58. The molecule has 0 radical (unpaired) electrons. The number of hydrogen-bond donors (Lipinski definition) is 1. The van der Waals surface area contributed by atoms with Gasteiger partial charge in [-0.3, -0.25) is 9.36 Å². The average Bonchev–Trinajstić information content (AvgIpc) is 2.83. The minimum absolute atomic E-state index is 0.0355. The number of thioether (sulfide) groups is 1. The third-order valence-corrected chi connectivity index (χ3v) is 5.97. The predicted molar refractivity (Wildman–Crippen MR) is 142 cm³/mol. The number of benzene rings is 2. The van der Waals surface area contributed by atoms with Crippen LogP contribution in [0.25, 0.3) is 16.7 Å². The molecule has 0 aliphatic rings. The Balaban J connectivity index is 1.77. The molecular formula is C28H27N3OS. The van der Waals surface area contributed by atoms with Crippen molar-refractivity contribution in [2.75, 3.05) is 5.32 Å². The van der Waals surface area contributed by atoms with Crippen LogP contribution in [0.3, 0.4) is 0 Å². The Hall–Kier alpha value is -3.57. The number of unbranched alkanes of at least 4 members (excludes halogenated alkanes) is 1.